The first-order valence-corrected chi connectivity index (χ1v) is 12.4. The molecule has 1 heterocycles. The van der Waals surface area contributed by atoms with Crippen LogP contribution in [0.25, 0.3) is 11.3 Å². The molecule has 0 spiro atoms. The van der Waals surface area contributed by atoms with Crippen molar-refractivity contribution < 1.29 is 14.3 Å². The molecule has 6 nitrogen and oxygen atoms in total. The normalized spacial score (nSPS) is 10.5. The SMILES string of the molecule is COc1ccc(-c2csc(NC(=O)CSc3ccc(NC(=O)c4cccc(Cl)c4)cc3)n2)cc1. The van der Waals surface area contributed by atoms with Crippen LogP contribution in [0.3, 0.4) is 0 Å². The third-order valence-electron chi connectivity index (χ3n) is 4.71. The van der Waals surface area contributed by atoms with Crippen molar-refractivity contribution in [3.05, 3.63) is 88.8 Å². The fourth-order valence-electron chi connectivity index (χ4n) is 3.00. The Labute approximate surface area is 210 Å². The molecule has 2 N–H and O–H groups in total. The molecule has 0 fully saturated rings. The van der Waals surface area contributed by atoms with Crippen LogP contribution in [0.15, 0.2) is 83.1 Å². The van der Waals surface area contributed by atoms with Crippen molar-refractivity contribution in [3.8, 4) is 17.0 Å². The Morgan fingerprint density at radius 3 is 2.50 bits per heavy atom. The van der Waals surface area contributed by atoms with Gasteiger partial charge in [0.1, 0.15) is 5.75 Å². The van der Waals surface area contributed by atoms with Crippen LogP contribution >= 0.6 is 34.7 Å². The summed E-state index contributed by atoms with van der Waals surface area (Å²) in [6.45, 7) is 0. The minimum absolute atomic E-state index is 0.140. The van der Waals surface area contributed by atoms with E-state index in [2.05, 4.69) is 15.6 Å². The Morgan fingerprint density at radius 1 is 1.03 bits per heavy atom. The lowest BCUT2D eigenvalue weighted by Crippen LogP contribution is -2.13. The van der Waals surface area contributed by atoms with Gasteiger partial charge in [0.2, 0.25) is 5.91 Å². The van der Waals surface area contributed by atoms with Crippen LogP contribution in [-0.4, -0.2) is 29.7 Å². The number of nitrogens with one attached hydrogen (secondary N) is 2. The Hall–Kier alpha value is -3.33. The Balaban J connectivity index is 1.27. The largest absolute Gasteiger partial charge is 0.497 e. The number of hydrogen-bond donors (Lipinski definition) is 2. The summed E-state index contributed by atoms with van der Waals surface area (Å²) < 4.78 is 5.17. The molecule has 0 aliphatic rings. The lowest BCUT2D eigenvalue weighted by atomic mass is 10.2. The molecular weight excluding hydrogens is 490 g/mol. The molecule has 4 aromatic rings. The maximum Gasteiger partial charge on any atom is 0.255 e. The van der Waals surface area contributed by atoms with Crippen molar-refractivity contribution >= 4 is 57.3 Å². The molecule has 0 atom stereocenters. The van der Waals surface area contributed by atoms with Gasteiger partial charge in [0, 0.05) is 32.1 Å². The highest BCUT2D eigenvalue weighted by atomic mass is 35.5. The first-order chi connectivity index (χ1) is 16.5. The number of anilines is 2. The molecule has 0 aliphatic carbocycles. The highest BCUT2D eigenvalue weighted by molar-refractivity contribution is 8.00. The van der Waals surface area contributed by atoms with Gasteiger partial charge in [0.15, 0.2) is 5.13 Å². The van der Waals surface area contributed by atoms with Crippen molar-refractivity contribution in [2.24, 2.45) is 0 Å². The van der Waals surface area contributed by atoms with E-state index in [1.54, 1.807) is 43.5 Å². The zero-order chi connectivity index (χ0) is 23.9. The van der Waals surface area contributed by atoms with Gasteiger partial charge in [-0.05, 0) is 66.7 Å². The number of thiazole rings is 1. The Morgan fingerprint density at radius 2 is 1.79 bits per heavy atom. The molecule has 2 amide bonds. The number of rotatable bonds is 8. The molecule has 3 aromatic carbocycles. The van der Waals surface area contributed by atoms with Gasteiger partial charge in [-0.2, -0.15) is 0 Å². The highest BCUT2D eigenvalue weighted by Crippen LogP contribution is 2.27. The van der Waals surface area contributed by atoms with E-state index < -0.39 is 0 Å². The summed E-state index contributed by atoms with van der Waals surface area (Å²) in [7, 11) is 1.62. The summed E-state index contributed by atoms with van der Waals surface area (Å²) in [6.07, 6.45) is 0. The second-order valence-electron chi connectivity index (χ2n) is 7.09. The van der Waals surface area contributed by atoms with Crippen LogP contribution in [0.4, 0.5) is 10.8 Å². The number of thioether (sulfide) groups is 1. The van der Waals surface area contributed by atoms with Gasteiger partial charge in [-0.15, -0.1) is 23.1 Å². The van der Waals surface area contributed by atoms with Crippen molar-refractivity contribution in [1.82, 2.24) is 4.98 Å². The summed E-state index contributed by atoms with van der Waals surface area (Å²) in [5, 5.41) is 8.63. The molecule has 1 aromatic heterocycles. The first-order valence-electron chi connectivity index (χ1n) is 10.2. The quantitative estimate of drug-likeness (QED) is 0.266. The van der Waals surface area contributed by atoms with Crippen LogP contribution in [0, 0.1) is 0 Å². The number of benzene rings is 3. The summed E-state index contributed by atoms with van der Waals surface area (Å²) in [6, 6.07) is 21.7. The third-order valence-corrected chi connectivity index (χ3v) is 6.71. The van der Waals surface area contributed by atoms with E-state index in [4.69, 9.17) is 16.3 Å². The lowest BCUT2D eigenvalue weighted by Gasteiger charge is -2.07. The number of amides is 2. The van der Waals surface area contributed by atoms with E-state index in [1.807, 2.05) is 41.8 Å². The minimum atomic E-state index is -0.236. The predicted octanol–water partition coefficient (Wildman–Crippen LogP) is 6.46. The van der Waals surface area contributed by atoms with Gasteiger partial charge in [-0.25, -0.2) is 4.98 Å². The number of halogens is 1. The van der Waals surface area contributed by atoms with Gasteiger partial charge in [0.05, 0.1) is 18.6 Å². The molecule has 9 heteroatoms. The molecule has 0 aliphatic heterocycles. The zero-order valence-corrected chi connectivity index (χ0v) is 20.5. The smallest absolute Gasteiger partial charge is 0.255 e. The minimum Gasteiger partial charge on any atom is -0.497 e. The van der Waals surface area contributed by atoms with E-state index in [-0.39, 0.29) is 17.6 Å². The number of nitrogens with zero attached hydrogens (tertiary/aromatic N) is 1. The van der Waals surface area contributed by atoms with Gasteiger partial charge in [-0.1, -0.05) is 17.7 Å². The number of ether oxygens (including phenoxy) is 1. The van der Waals surface area contributed by atoms with Crippen molar-refractivity contribution in [3.63, 3.8) is 0 Å². The van der Waals surface area contributed by atoms with Gasteiger partial charge in [0.25, 0.3) is 5.91 Å². The second kappa shape index (κ2) is 11.2. The lowest BCUT2D eigenvalue weighted by molar-refractivity contribution is -0.113. The maximum atomic E-state index is 12.4. The zero-order valence-electron chi connectivity index (χ0n) is 18.1. The number of carbonyl (C=O) groups is 2. The second-order valence-corrected chi connectivity index (χ2v) is 9.44. The molecule has 0 saturated heterocycles. The maximum absolute atomic E-state index is 12.4. The van der Waals surface area contributed by atoms with Crippen molar-refractivity contribution in [1.29, 1.82) is 0 Å². The van der Waals surface area contributed by atoms with E-state index in [9.17, 15) is 9.59 Å². The van der Waals surface area contributed by atoms with Crippen LogP contribution in [-0.2, 0) is 4.79 Å². The molecule has 172 valence electrons. The summed E-state index contributed by atoms with van der Waals surface area (Å²) in [4.78, 5) is 30.1. The summed E-state index contributed by atoms with van der Waals surface area (Å²) >= 11 is 8.72. The van der Waals surface area contributed by atoms with Gasteiger partial charge in [-0.3, -0.25) is 9.59 Å². The summed E-state index contributed by atoms with van der Waals surface area (Å²) in [5.41, 5.74) is 2.90. The van der Waals surface area contributed by atoms with E-state index in [0.29, 0.717) is 21.4 Å². The Bertz CT molecular complexity index is 1290. The van der Waals surface area contributed by atoms with Crippen molar-refractivity contribution in [2.75, 3.05) is 23.5 Å². The molecule has 34 heavy (non-hydrogen) atoms. The fraction of sp³-hybridized carbons (Fsp3) is 0.0800. The summed E-state index contributed by atoms with van der Waals surface area (Å²) in [5.74, 6) is 0.644. The average molecular weight is 510 g/mol. The van der Waals surface area contributed by atoms with Gasteiger partial charge >= 0.3 is 0 Å². The number of methoxy groups -OCH3 is 1. The molecule has 0 saturated carbocycles. The van der Waals surface area contributed by atoms with E-state index in [1.165, 1.54) is 23.1 Å². The van der Waals surface area contributed by atoms with E-state index in [0.717, 1.165) is 21.9 Å². The average Bonchev–Trinajstić information content (AvgIpc) is 3.32. The molecule has 0 unspecified atom stereocenters. The standard InChI is InChI=1S/C25H20ClN3O3S2/c1-32-20-9-5-16(6-10-20)22-14-34-25(28-22)29-23(30)15-33-21-11-7-19(8-12-21)27-24(31)17-3-2-4-18(26)13-17/h2-14H,15H2,1H3,(H,27,31)(H,28,29,30). The van der Waals surface area contributed by atoms with Crippen molar-refractivity contribution in [2.45, 2.75) is 4.90 Å². The number of hydrogen-bond acceptors (Lipinski definition) is 6. The molecule has 0 radical (unpaired) electrons. The van der Waals surface area contributed by atoms with Crippen LogP contribution in [0.5, 0.6) is 5.75 Å². The third kappa shape index (κ3) is 6.38. The monoisotopic (exact) mass is 509 g/mol. The van der Waals surface area contributed by atoms with Crippen LogP contribution in [0.1, 0.15) is 10.4 Å². The predicted molar refractivity (Wildman–Crippen MR) is 139 cm³/mol. The van der Waals surface area contributed by atoms with E-state index >= 15 is 0 Å². The number of carbonyl (C=O) groups excluding carboxylic acids is 2. The van der Waals surface area contributed by atoms with Gasteiger partial charge < -0.3 is 15.4 Å². The number of aromatic nitrogens is 1. The Kier molecular flexibility index (Phi) is 7.84. The highest BCUT2D eigenvalue weighted by Gasteiger charge is 2.10. The fourth-order valence-corrected chi connectivity index (χ4v) is 4.62. The molecule has 0 bridgehead atoms. The first kappa shape index (κ1) is 23.8. The van der Waals surface area contributed by atoms with Crippen LogP contribution in [0.2, 0.25) is 5.02 Å². The van der Waals surface area contributed by atoms with Crippen LogP contribution < -0.4 is 15.4 Å². The topological polar surface area (TPSA) is 80.3 Å². The molecular formula is C25H20ClN3O3S2. The molecule has 4 rings (SSSR count).